The Hall–Kier alpha value is -1.49. The minimum absolute atomic E-state index is 0.209. The van der Waals surface area contributed by atoms with Gasteiger partial charge in [0.25, 0.3) is 0 Å². The molecule has 19 heavy (non-hydrogen) atoms. The van der Waals surface area contributed by atoms with Gasteiger partial charge in [0.1, 0.15) is 11.9 Å². The number of carbonyl (C=O) groups is 1. The molecule has 2 heterocycles. The Morgan fingerprint density at radius 1 is 1.47 bits per heavy atom. The van der Waals surface area contributed by atoms with Crippen molar-refractivity contribution in [3.63, 3.8) is 0 Å². The van der Waals surface area contributed by atoms with Crippen LogP contribution in [0.3, 0.4) is 0 Å². The van der Waals surface area contributed by atoms with E-state index in [1.165, 1.54) is 18.9 Å². The summed E-state index contributed by atoms with van der Waals surface area (Å²) in [5.41, 5.74) is 0.816. The molecule has 1 N–H and O–H groups in total. The molecule has 0 spiro atoms. The highest BCUT2D eigenvalue weighted by Gasteiger charge is 2.29. The fourth-order valence-electron chi connectivity index (χ4n) is 2.89. The van der Waals surface area contributed by atoms with Crippen LogP contribution in [-0.2, 0) is 6.54 Å². The highest BCUT2D eigenvalue weighted by molar-refractivity contribution is 5.88. The Morgan fingerprint density at radius 3 is 2.89 bits per heavy atom. The second-order valence-electron chi connectivity index (χ2n) is 5.68. The van der Waals surface area contributed by atoms with Gasteiger partial charge in [-0.25, -0.2) is 14.8 Å². The molecule has 0 radical (unpaired) electrons. The van der Waals surface area contributed by atoms with E-state index in [9.17, 15) is 4.79 Å². The summed E-state index contributed by atoms with van der Waals surface area (Å²) in [6.07, 6.45) is 4.03. The predicted molar refractivity (Wildman–Crippen MR) is 71.8 cm³/mol. The van der Waals surface area contributed by atoms with Gasteiger partial charge in [-0.15, -0.1) is 0 Å². The lowest BCUT2D eigenvalue weighted by Crippen LogP contribution is -2.45. The van der Waals surface area contributed by atoms with Gasteiger partial charge in [0.15, 0.2) is 0 Å². The van der Waals surface area contributed by atoms with Crippen molar-refractivity contribution in [1.82, 2.24) is 14.9 Å². The first-order valence-corrected chi connectivity index (χ1v) is 6.75. The smallest absolute Gasteiger partial charge is 0.339 e. The van der Waals surface area contributed by atoms with Crippen molar-refractivity contribution in [1.29, 1.82) is 0 Å². The number of hydrogen-bond acceptors (Lipinski definition) is 4. The van der Waals surface area contributed by atoms with Crippen molar-refractivity contribution >= 4 is 5.97 Å². The molecule has 1 aromatic rings. The summed E-state index contributed by atoms with van der Waals surface area (Å²) in [6, 6.07) is 0.452. The van der Waals surface area contributed by atoms with E-state index < -0.39 is 5.97 Å². The zero-order valence-corrected chi connectivity index (χ0v) is 11.7. The van der Waals surface area contributed by atoms with Gasteiger partial charge >= 0.3 is 5.97 Å². The van der Waals surface area contributed by atoms with Crippen LogP contribution in [0.1, 0.15) is 43.2 Å². The number of rotatable bonds is 3. The number of aromatic nitrogens is 2. The average molecular weight is 263 g/mol. The van der Waals surface area contributed by atoms with Crippen molar-refractivity contribution in [2.24, 2.45) is 11.8 Å². The average Bonchev–Trinajstić information content (AvgIpc) is 2.35. The lowest BCUT2D eigenvalue weighted by atomic mass is 9.86. The maximum atomic E-state index is 11.2. The second-order valence-corrected chi connectivity index (χ2v) is 5.68. The first kappa shape index (κ1) is 13.9. The van der Waals surface area contributed by atoms with Crippen LogP contribution in [0.4, 0.5) is 0 Å². The van der Waals surface area contributed by atoms with E-state index in [0.29, 0.717) is 30.1 Å². The number of nitrogens with zero attached hydrogens (tertiary/aromatic N) is 3. The topological polar surface area (TPSA) is 66.3 Å². The molecule has 0 amide bonds. The molecule has 1 aliphatic rings. The van der Waals surface area contributed by atoms with Gasteiger partial charge in [-0.2, -0.15) is 0 Å². The molecule has 3 unspecified atom stereocenters. The van der Waals surface area contributed by atoms with Gasteiger partial charge in [-0.05, 0) is 25.2 Å². The molecular weight excluding hydrogens is 242 g/mol. The highest BCUT2D eigenvalue weighted by Crippen LogP contribution is 2.28. The zero-order chi connectivity index (χ0) is 14.0. The zero-order valence-electron chi connectivity index (χ0n) is 11.7. The van der Waals surface area contributed by atoms with E-state index in [1.54, 1.807) is 0 Å². The Bertz CT molecular complexity index is 464. The van der Waals surface area contributed by atoms with Crippen LogP contribution >= 0.6 is 0 Å². The van der Waals surface area contributed by atoms with E-state index >= 15 is 0 Å². The first-order chi connectivity index (χ1) is 8.99. The summed E-state index contributed by atoms with van der Waals surface area (Å²) in [4.78, 5) is 21.4. The van der Waals surface area contributed by atoms with Gasteiger partial charge in [0.05, 0.1) is 5.69 Å². The van der Waals surface area contributed by atoms with Gasteiger partial charge in [-0.3, -0.25) is 4.90 Å². The highest BCUT2D eigenvalue weighted by atomic mass is 16.4. The van der Waals surface area contributed by atoms with Crippen LogP contribution in [0.2, 0.25) is 0 Å². The molecule has 0 saturated carbocycles. The van der Waals surface area contributed by atoms with Gasteiger partial charge in [-0.1, -0.05) is 13.8 Å². The van der Waals surface area contributed by atoms with E-state index in [1.807, 2.05) is 0 Å². The van der Waals surface area contributed by atoms with Crippen molar-refractivity contribution in [3.05, 3.63) is 23.8 Å². The van der Waals surface area contributed by atoms with Crippen LogP contribution in [0.25, 0.3) is 0 Å². The summed E-state index contributed by atoms with van der Waals surface area (Å²) < 4.78 is 0. The van der Waals surface area contributed by atoms with Crippen LogP contribution < -0.4 is 0 Å². The van der Waals surface area contributed by atoms with Crippen LogP contribution in [0.5, 0.6) is 0 Å². The molecule has 0 aliphatic carbocycles. The van der Waals surface area contributed by atoms with E-state index in [0.717, 1.165) is 6.54 Å². The molecule has 1 fully saturated rings. The Labute approximate surface area is 113 Å². The first-order valence-electron chi connectivity index (χ1n) is 6.75. The number of likely N-dealkylation sites (tertiary alicyclic amines) is 1. The third-order valence-electron chi connectivity index (χ3n) is 4.10. The Kier molecular flexibility index (Phi) is 4.14. The van der Waals surface area contributed by atoms with E-state index in [2.05, 4.69) is 35.6 Å². The fraction of sp³-hybridized carbons (Fsp3) is 0.643. The fourth-order valence-corrected chi connectivity index (χ4v) is 2.89. The molecule has 1 aromatic heterocycles. The number of piperidine rings is 1. The molecule has 0 bridgehead atoms. The van der Waals surface area contributed by atoms with Crippen molar-refractivity contribution in [2.45, 2.75) is 39.8 Å². The van der Waals surface area contributed by atoms with Gasteiger partial charge in [0.2, 0.25) is 0 Å². The molecule has 5 heteroatoms. The third-order valence-corrected chi connectivity index (χ3v) is 4.10. The third kappa shape index (κ3) is 3.10. The predicted octanol–water partition coefficient (Wildman–Crippen LogP) is 2.04. The molecular formula is C14H21N3O2. The maximum Gasteiger partial charge on any atom is 0.339 e. The molecule has 2 rings (SSSR count). The number of aromatic carboxylic acids is 1. The lowest BCUT2D eigenvalue weighted by molar-refractivity contribution is 0.0657. The Balaban J connectivity index is 2.18. The van der Waals surface area contributed by atoms with Crippen molar-refractivity contribution in [3.8, 4) is 0 Å². The van der Waals surface area contributed by atoms with Gasteiger partial charge in [0, 0.05) is 25.3 Å². The standard InChI is InChI=1S/C14H21N3O2/c1-9-4-10(2)11(3)17(6-9)7-13-12(14(18)19)5-15-8-16-13/h5,8-11H,4,6-7H2,1-3H3,(H,18,19). The molecule has 3 atom stereocenters. The number of carboxylic acid groups (broad SMARTS) is 1. The van der Waals surface area contributed by atoms with Crippen LogP contribution in [-0.4, -0.2) is 38.5 Å². The second kappa shape index (κ2) is 5.65. The van der Waals surface area contributed by atoms with Gasteiger partial charge < -0.3 is 5.11 Å². The Morgan fingerprint density at radius 2 is 2.21 bits per heavy atom. The molecule has 1 aliphatic heterocycles. The normalized spacial score (nSPS) is 28.3. The van der Waals surface area contributed by atoms with Crippen LogP contribution in [0, 0.1) is 11.8 Å². The van der Waals surface area contributed by atoms with E-state index in [-0.39, 0.29) is 5.56 Å². The van der Waals surface area contributed by atoms with E-state index in [4.69, 9.17) is 5.11 Å². The van der Waals surface area contributed by atoms with Crippen LogP contribution in [0.15, 0.2) is 12.5 Å². The molecule has 0 aromatic carbocycles. The largest absolute Gasteiger partial charge is 0.478 e. The summed E-state index contributed by atoms with van der Waals surface area (Å²) >= 11 is 0. The monoisotopic (exact) mass is 263 g/mol. The molecule has 104 valence electrons. The summed E-state index contributed by atoms with van der Waals surface area (Å²) in [7, 11) is 0. The molecule has 5 nitrogen and oxygen atoms in total. The minimum Gasteiger partial charge on any atom is -0.478 e. The summed E-state index contributed by atoms with van der Waals surface area (Å²) in [6.45, 7) is 8.28. The lowest BCUT2D eigenvalue weighted by Gasteiger charge is -2.41. The number of hydrogen-bond donors (Lipinski definition) is 1. The quantitative estimate of drug-likeness (QED) is 0.904. The summed E-state index contributed by atoms with van der Waals surface area (Å²) in [5, 5.41) is 9.17. The maximum absolute atomic E-state index is 11.2. The SMILES string of the molecule is CC1CC(C)C(C)N(Cc2ncncc2C(=O)O)C1. The number of carboxylic acids is 1. The van der Waals surface area contributed by atoms with Crippen molar-refractivity contribution < 1.29 is 9.90 Å². The minimum atomic E-state index is -0.957. The van der Waals surface area contributed by atoms with Crippen molar-refractivity contribution in [2.75, 3.05) is 6.54 Å². The molecule has 1 saturated heterocycles. The summed E-state index contributed by atoms with van der Waals surface area (Å²) in [5.74, 6) is 0.307.